The van der Waals surface area contributed by atoms with Crippen molar-refractivity contribution in [3.8, 4) is 22.6 Å². The molecule has 2 heterocycles. The van der Waals surface area contributed by atoms with Crippen LogP contribution in [-0.2, 0) is 11.5 Å². The number of alkyl halides is 4. The van der Waals surface area contributed by atoms with E-state index in [1.807, 2.05) is 30.3 Å². The van der Waals surface area contributed by atoms with E-state index in [2.05, 4.69) is 30.9 Å². The summed E-state index contributed by atoms with van der Waals surface area (Å²) in [7, 11) is 0. The first-order chi connectivity index (χ1) is 13.3. The molecule has 0 radical (unpaired) electrons. The maximum absolute atomic E-state index is 12.9. The van der Waals surface area contributed by atoms with Crippen molar-refractivity contribution >= 4 is 38.6 Å². The Morgan fingerprint density at radius 2 is 1.71 bits per heavy atom. The number of fused-ring (bicyclic) bond motifs is 1. The van der Waals surface area contributed by atoms with Crippen molar-refractivity contribution in [1.82, 2.24) is 15.0 Å². The standard InChI is InChI=1S/C20H12BrClF3N3/c21-9-11-7-15(22)18(26-10-11)12-1-3-13(4-2-12)19-27-16-6-5-14(20(23,24)25)8-17(16)28-19/h1-8,10H,9H2,(H,27,28). The molecule has 0 fully saturated rings. The van der Waals surface area contributed by atoms with Crippen LogP contribution in [0.2, 0.25) is 5.02 Å². The van der Waals surface area contributed by atoms with Crippen LogP contribution in [0, 0.1) is 0 Å². The van der Waals surface area contributed by atoms with Gasteiger partial charge in [0, 0.05) is 22.7 Å². The summed E-state index contributed by atoms with van der Waals surface area (Å²) < 4.78 is 38.6. The number of nitrogens with zero attached hydrogens (tertiary/aromatic N) is 2. The van der Waals surface area contributed by atoms with Gasteiger partial charge < -0.3 is 4.98 Å². The van der Waals surface area contributed by atoms with Gasteiger partial charge in [-0.15, -0.1) is 0 Å². The zero-order chi connectivity index (χ0) is 19.9. The number of hydrogen-bond acceptors (Lipinski definition) is 2. The number of halogens is 5. The number of aromatic nitrogens is 3. The van der Waals surface area contributed by atoms with Gasteiger partial charge in [-0.1, -0.05) is 51.8 Å². The Kier molecular flexibility index (Phi) is 4.89. The molecule has 4 aromatic rings. The molecule has 0 aliphatic heterocycles. The zero-order valence-electron chi connectivity index (χ0n) is 14.2. The molecule has 0 amide bonds. The summed E-state index contributed by atoms with van der Waals surface area (Å²) in [6.45, 7) is 0. The maximum atomic E-state index is 12.9. The molecule has 142 valence electrons. The van der Waals surface area contributed by atoms with Gasteiger partial charge in [0.05, 0.1) is 27.3 Å². The van der Waals surface area contributed by atoms with Crippen molar-refractivity contribution in [3.63, 3.8) is 0 Å². The molecular formula is C20H12BrClF3N3. The Morgan fingerprint density at radius 1 is 1.00 bits per heavy atom. The molecule has 0 saturated carbocycles. The lowest BCUT2D eigenvalue weighted by atomic mass is 10.1. The molecule has 4 rings (SSSR count). The lowest BCUT2D eigenvalue weighted by Crippen LogP contribution is -2.04. The lowest BCUT2D eigenvalue weighted by Gasteiger charge is -2.06. The van der Waals surface area contributed by atoms with Gasteiger partial charge in [-0.3, -0.25) is 4.98 Å². The normalized spacial score (nSPS) is 11.9. The fourth-order valence-electron chi connectivity index (χ4n) is 2.87. The van der Waals surface area contributed by atoms with Crippen LogP contribution in [0.4, 0.5) is 13.2 Å². The third kappa shape index (κ3) is 3.64. The number of benzene rings is 2. The Hall–Kier alpha value is -2.38. The van der Waals surface area contributed by atoms with E-state index in [0.717, 1.165) is 28.8 Å². The first-order valence-electron chi connectivity index (χ1n) is 8.23. The maximum Gasteiger partial charge on any atom is 0.416 e. The van der Waals surface area contributed by atoms with E-state index in [9.17, 15) is 13.2 Å². The summed E-state index contributed by atoms with van der Waals surface area (Å²) in [6.07, 6.45) is -2.64. The number of H-pyrrole nitrogens is 1. The number of rotatable bonds is 3. The van der Waals surface area contributed by atoms with Gasteiger partial charge in [0.15, 0.2) is 0 Å². The Bertz CT molecular complexity index is 1150. The fraction of sp³-hybridized carbons (Fsp3) is 0.100. The summed E-state index contributed by atoms with van der Waals surface area (Å²) >= 11 is 9.68. The van der Waals surface area contributed by atoms with Gasteiger partial charge in [0.2, 0.25) is 0 Å². The van der Waals surface area contributed by atoms with E-state index in [1.54, 1.807) is 6.20 Å². The van der Waals surface area contributed by atoms with Crippen LogP contribution >= 0.6 is 27.5 Å². The average molecular weight is 467 g/mol. The van der Waals surface area contributed by atoms with Gasteiger partial charge in [-0.25, -0.2) is 4.98 Å². The molecule has 0 saturated heterocycles. The van der Waals surface area contributed by atoms with E-state index in [-0.39, 0.29) is 0 Å². The van der Waals surface area contributed by atoms with Crippen molar-refractivity contribution in [3.05, 3.63) is 70.9 Å². The molecule has 0 aliphatic carbocycles. The minimum absolute atomic E-state index is 0.337. The molecule has 1 N–H and O–H groups in total. The van der Waals surface area contributed by atoms with E-state index >= 15 is 0 Å². The Morgan fingerprint density at radius 3 is 2.36 bits per heavy atom. The number of aromatic amines is 1. The second kappa shape index (κ2) is 7.22. The fourth-order valence-corrected chi connectivity index (χ4v) is 3.48. The van der Waals surface area contributed by atoms with Crippen molar-refractivity contribution < 1.29 is 13.2 Å². The number of imidazole rings is 1. The summed E-state index contributed by atoms with van der Waals surface area (Å²) in [6, 6.07) is 12.7. The van der Waals surface area contributed by atoms with Gasteiger partial charge in [0.25, 0.3) is 0 Å². The summed E-state index contributed by atoms with van der Waals surface area (Å²) in [5.74, 6) is 0.495. The molecule has 0 atom stereocenters. The van der Waals surface area contributed by atoms with Gasteiger partial charge in [-0.05, 0) is 29.8 Å². The molecular weight excluding hydrogens is 455 g/mol. The van der Waals surface area contributed by atoms with Crippen LogP contribution < -0.4 is 0 Å². The predicted octanol–water partition coefficient (Wildman–Crippen LogP) is 6.86. The average Bonchev–Trinajstić information content (AvgIpc) is 3.10. The molecule has 0 spiro atoms. The van der Waals surface area contributed by atoms with Crippen LogP contribution in [0.3, 0.4) is 0 Å². The molecule has 0 aliphatic rings. The monoisotopic (exact) mass is 465 g/mol. The largest absolute Gasteiger partial charge is 0.416 e. The summed E-state index contributed by atoms with van der Waals surface area (Å²) in [5, 5.41) is 1.22. The second-order valence-electron chi connectivity index (χ2n) is 6.20. The summed E-state index contributed by atoms with van der Waals surface area (Å²) in [4.78, 5) is 11.7. The van der Waals surface area contributed by atoms with Crippen LogP contribution in [0.25, 0.3) is 33.7 Å². The Labute approximate surface area is 171 Å². The number of pyridine rings is 1. The van der Waals surface area contributed by atoms with Crippen molar-refractivity contribution in [2.24, 2.45) is 0 Å². The van der Waals surface area contributed by atoms with Crippen LogP contribution in [-0.4, -0.2) is 15.0 Å². The third-order valence-corrected chi connectivity index (χ3v) is 5.23. The molecule has 28 heavy (non-hydrogen) atoms. The first kappa shape index (κ1) is 19.0. The van der Waals surface area contributed by atoms with E-state index in [1.165, 1.54) is 6.07 Å². The van der Waals surface area contributed by atoms with Crippen molar-refractivity contribution in [2.75, 3.05) is 0 Å². The van der Waals surface area contributed by atoms with E-state index in [0.29, 0.717) is 32.9 Å². The molecule has 0 bridgehead atoms. The third-order valence-electron chi connectivity index (χ3n) is 4.29. The molecule has 2 aromatic carbocycles. The highest BCUT2D eigenvalue weighted by molar-refractivity contribution is 9.08. The van der Waals surface area contributed by atoms with Crippen LogP contribution in [0.15, 0.2) is 54.7 Å². The van der Waals surface area contributed by atoms with E-state index in [4.69, 9.17) is 11.6 Å². The van der Waals surface area contributed by atoms with Gasteiger partial charge >= 0.3 is 6.18 Å². The van der Waals surface area contributed by atoms with E-state index < -0.39 is 11.7 Å². The minimum Gasteiger partial charge on any atom is -0.338 e. The molecule has 2 aromatic heterocycles. The quantitative estimate of drug-likeness (QED) is 0.335. The molecule has 3 nitrogen and oxygen atoms in total. The van der Waals surface area contributed by atoms with Gasteiger partial charge in [-0.2, -0.15) is 13.2 Å². The van der Waals surface area contributed by atoms with Crippen molar-refractivity contribution in [1.29, 1.82) is 0 Å². The van der Waals surface area contributed by atoms with Crippen molar-refractivity contribution in [2.45, 2.75) is 11.5 Å². The highest BCUT2D eigenvalue weighted by atomic mass is 79.9. The summed E-state index contributed by atoms with van der Waals surface area (Å²) in [5.41, 5.74) is 3.33. The smallest absolute Gasteiger partial charge is 0.338 e. The molecule has 8 heteroatoms. The predicted molar refractivity (Wildman–Crippen MR) is 107 cm³/mol. The second-order valence-corrected chi connectivity index (χ2v) is 7.17. The van der Waals surface area contributed by atoms with Gasteiger partial charge in [0.1, 0.15) is 5.82 Å². The highest BCUT2D eigenvalue weighted by Crippen LogP contribution is 2.32. The van der Waals surface area contributed by atoms with Crippen LogP contribution in [0.5, 0.6) is 0 Å². The highest BCUT2D eigenvalue weighted by Gasteiger charge is 2.30. The first-order valence-corrected chi connectivity index (χ1v) is 9.73. The zero-order valence-corrected chi connectivity index (χ0v) is 16.5. The SMILES string of the molecule is FC(F)(F)c1ccc2nc(-c3ccc(-c4ncc(CBr)cc4Cl)cc3)[nH]c2c1. The topological polar surface area (TPSA) is 41.6 Å². The minimum atomic E-state index is -4.39. The number of hydrogen-bond donors (Lipinski definition) is 1. The molecule has 0 unspecified atom stereocenters. The Balaban J connectivity index is 1.67. The van der Waals surface area contributed by atoms with Crippen LogP contribution in [0.1, 0.15) is 11.1 Å². The number of nitrogens with one attached hydrogen (secondary N) is 1. The lowest BCUT2D eigenvalue weighted by molar-refractivity contribution is -0.137.